The van der Waals surface area contributed by atoms with E-state index in [2.05, 4.69) is 20.8 Å². The molecule has 124 valence electrons. The normalized spacial score (nSPS) is 10.7. The van der Waals surface area contributed by atoms with E-state index in [0.29, 0.717) is 18.2 Å². The molecule has 0 saturated heterocycles. The van der Waals surface area contributed by atoms with Crippen LogP contribution in [0.4, 0.5) is 0 Å². The highest BCUT2D eigenvalue weighted by molar-refractivity contribution is 7.99. The smallest absolute Gasteiger partial charge is 0.230 e. The Morgan fingerprint density at radius 1 is 1.21 bits per heavy atom. The summed E-state index contributed by atoms with van der Waals surface area (Å²) >= 11 is 1.30. The van der Waals surface area contributed by atoms with Gasteiger partial charge in [0.05, 0.1) is 12.0 Å². The van der Waals surface area contributed by atoms with E-state index in [1.54, 1.807) is 10.9 Å². The summed E-state index contributed by atoms with van der Waals surface area (Å²) in [7, 11) is 0. The Morgan fingerprint density at radius 3 is 2.88 bits per heavy atom. The Morgan fingerprint density at radius 2 is 2.08 bits per heavy atom. The zero-order valence-electron chi connectivity index (χ0n) is 13.0. The van der Waals surface area contributed by atoms with Crippen molar-refractivity contribution in [2.24, 2.45) is 0 Å². The first-order valence-corrected chi connectivity index (χ1v) is 8.52. The first kappa shape index (κ1) is 16.3. The molecule has 1 amide bonds. The molecule has 0 bridgehead atoms. The number of benzene rings is 1. The topological polar surface area (TPSA) is 85.8 Å². The van der Waals surface area contributed by atoms with Crippen LogP contribution in [0.1, 0.15) is 11.3 Å². The van der Waals surface area contributed by atoms with Crippen molar-refractivity contribution in [1.29, 1.82) is 0 Å². The van der Waals surface area contributed by atoms with Crippen LogP contribution in [-0.2, 0) is 17.8 Å². The van der Waals surface area contributed by atoms with Gasteiger partial charge in [-0.3, -0.25) is 4.79 Å². The number of nitrogens with zero attached hydrogens (tertiary/aromatic N) is 4. The number of amides is 1. The van der Waals surface area contributed by atoms with Crippen molar-refractivity contribution in [3.63, 3.8) is 0 Å². The first-order valence-electron chi connectivity index (χ1n) is 7.53. The predicted octanol–water partition coefficient (Wildman–Crippen LogP) is 1.77. The number of aromatic nitrogens is 4. The highest BCUT2D eigenvalue weighted by Gasteiger charge is 2.11. The lowest BCUT2D eigenvalue weighted by Gasteiger charge is -2.05. The molecule has 7 nitrogen and oxygen atoms in total. The minimum absolute atomic E-state index is 0.0384. The molecule has 0 atom stereocenters. The van der Waals surface area contributed by atoms with Crippen LogP contribution in [0.15, 0.2) is 58.3 Å². The zero-order chi connectivity index (χ0) is 16.6. The van der Waals surface area contributed by atoms with Crippen LogP contribution >= 0.6 is 11.8 Å². The molecule has 0 radical (unpaired) electrons. The molecule has 0 unspecified atom stereocenters. The van der Waals surface area contributed by atoms with Gasteiger partial charge in [-0.2, -0.15) is 0 Å². The maximum Gasteiger partial charge on any atom is 0.230 e. The Balaban J connectivity index is 1.42. The highest BCUT2D eigenvalue weighted by atomic mass is 32.2. The lowest BCUT2D eigenvalue weighted by atomic mass is 10.1. The monoisotopic (exact) mass is 343 g/mol. The highest BCUT2D eigenvalue weighted by Crippen LogP contribution is 2.14. The summed E-state index contributed by atoms with van der Waals surface area (Å²) in [6.45, 7) is 1.05. The molecule has 0 aliphatic rings. The Kier molecular flexibility index (Phi) is 5.62. The second kappa shape index (κ2) is 8.30. The molecule has 1 N–H and O–H groups in total. The molecule has 2 heterocycles. The quantitative estimate of drug-likeness (QED) is 0.627. The predicted molar refractivity (Wildman–Crippen MR) is 89.5 cm³/mol. The third-order valence-corrected chi connectivity index (χ3v) is 4.25. The summed E-state index contributed by atoms with van der Waals surface area (Å²) in [4.78, 5) is 11.9. The molecule has 0 aliphatic heterocycles. The van der Waals surface area contributed by atoms with Gasteiger partial charge in [0.2, 0.25) is 11.1 Å². The maximum absolute atomic E-state index is 11.9. The second-order valence-electron chi connectivity index (χ2n) is 5.07. The third-order valence-electron chi connectivity index (χ3n) is 3.30. The van der Waals surface area contributed by atoms with Gasteiger partial charge >= 0.3 is 0 Å². The van der Waals surface area contributed by atoms with Gasteiger partial charge in [-0.05, 0) is 34.5 Å². The van der Waals surface area contributed by atoms with Crippen LogP contribution < -0.4 is 5.32 Å². The largest absolute Gasteiger partial charge is 0.467 e. The van der Waals surface area contributed by atoms with Gasteiger partial charge in [0.25, 0.3) is 0 Å². The van der Waals surface area contributed by atoms with E-state index in [4.69, 9.17) is 4.42 Å². The van der Waals surface area contributed by atoms with Crippen molar-refractivity contribution in [2.75, 3.05) is 12.3 Å². The first-order chi connectivity index (χ1) is 11.8. The number of carbonyl (C=O) groups excluding carboxylic acids is 1. The van der Waals surface area contributed by atoms with E-state index >= 15 is 0 Å². The molecule has 1 aromatic carbocycles. The van der Waals surface area contributed by atoms with E-state index in [-0.39, 0.29) is 11.7 Å². The summed E-state index contributed by atoms with van der Waals surface area (Å²) < 4.78 is 6.89. The van der Waals surface area contributed by atoms with Gasteiger partial charge in [-0.15, -0.1) is 5.10 Å². The van der Waals surface area contributed by atoms with Crippen molar-refractivity contribution in [3.8, 4) is 0 Å². The molecular weight excluding hydrogens is 326 g/mol. The fourth-order valence-electron chi connectivity index (χ4n) is 2.12. The van der Waals surface area contributed by atoms with Crippen LogP contribution in [0.25, 0.3) is 0 Å². The summed E-state index contributed by atoms with van der Waals surface area (Å²) in [5.74, 6) is 0.993. The number of carbonyl (C=O) groups is 1. The fourth-order valence-corrected chi connectivity index (χ4v) is 2.83. The molecular formula is C16H17N5O2S. The fraction of sp³-hybridized carbons (Fsp3) is 0.250. The van der Waals surface area contributed by atoms with Crippen LogP contribution in [0, 0.1) is 0 Å². The van der Waals surface area contributed by atoms with Gasteiger partial charge in [0.15, 0.2) is 0 Å². The van der Waals surface area contributed by atoms with E-state index < -0.39 is 0 Å². The van der Waals surface area contributed by atoms with Gasteiger partial charge in [0, 0.05) is 6.54 Å². The molecule has 2 aromatic heterocycles. The number of furan rings is 1. The molecule has 24 heavy (non-hydrogen) atoms. The van der Waals surface area contributed by atoms with E-state index in [0.717, 1.165) is 12.2 Å². The Hall–Kier alpha value is -2.61. The SMILES string of the molecule is O=C(CSc1nnnn1Cc1ccco1)NCCc1ccccc1. The van der Waals surface area contributed by atoms with E-state index in [1.165, 1.54) is 17.3 Å². The molecule has 0 aliphatic carbocycles. The summed E-state index contributed by atoms with van der Waals surface area (Å²) in [6, 6.07) is 13.7. The zero-order valence-corrected chi connectivity index (χ0v) is 13.8. The summed E-state index contributed by atoms with van der Waals surface area (Å²) in [5, 5.41) is 15.0. The van der Waals surface area contributed by atoms with E-state index in [9.17, 15) is 4.79 Å². The van der Waals surface area contributed by atoms with Crippen molar-refractivity contribution < 1.29 is 9.21 Å². The lowest BCUT2D eigenvalue weighted by Crippen LogP contribution is -2.27. The molecule has 0 spiro atoms. The molecule has 3 rings (SSSR count). The van der Waals surface area contributed by atoms with Gasteiger partial charge in [0.1, 0.15) is 12.3 Å². The van der Waals surface area contributed by atoms with Crippen molar-refractivity contribution in [2.45, 2.75) is 18.1 Å². The number of hydrogen-bond donors (Lipinski definition) is 1. The molecule has 8 heteroatoms. The van der Waals surface area contributed by atoms with Crippen LogP contribution in [0.5, 0.6) is 0 Å². The number of hydrogen-bond acceptors (Lipinski definition) is 6. The van der Waals surface area contributed by atoms with Gasteiger partial charge in [-0.1, -0.05) is 42.1 Å². The van der Waals surface area contributed by atoms with Crippen molar-refractivity contribution >= 4 is 17.7 Å². The van der Waals surface area contributed by atoms with Crippen molar-refractivity contribution in [1.82, 2.24) is 25.5 Å². The Bertz CT molecular complexity index is 758. The van der Waals surface area contributed by atoms with Gasteiger partial charge < -0.3 is 9.73 Å². The number of tetrazole rings is 1. The summed E-state index contributed by atoms with van der Waals surface area (Å²) in [6.07, 6.45) is 2.42. The van der Waals surface area contributed by atoms with E-state index in [1.807, 2.05) is 42.5 Å². The number of nitrogens with one attached hydrogen (secondary N) is 1. The average Bonchev–Trinajstić information content (AvgIpc) is 3.26. The van der Waals surface area contributed by atoms with Crippen LogP contribution in [0.3, 0.4) is 0 Å². The number of thioether (sulfide) groups is 1. The lowest BCUT2D eigenvalue weighted by molar-refractivity contribution is -0.118. The molecule has 3 aromatic rings. The molecule has 0 saturated carbocycles. The Labute approximate surface area is 143 Å². The second-order valence-corrected chi connectivity index (χ2v) is 6.02. The van der Waals surface area contributed by atoms with Crippen molar-refractivity contribution in [3.05, 3.63) is 60.1 Å². The van der Waals surface area contributed by atoms with Gasteiger partial charge in [-0.25, -0.2) is 4.68 Å². The minimum atomic E-state index is -0.0384. The van der Waals surface area contributed by atoms with Crippen LogP contribution in [-0.4, -0.2) is 38.4 Å². The number of rotatable bonds is 8. The standard InChI is InChI=1S/C16H17N5O2S/c22-15(17-9-8-13-5-2-1-3-6-13)12-24-16-18-19-20-21(16)11-14-7-4-10-23-14/h1-7,10H,8-9,11-12H2,(H,17,22). The van der Waals surface area contributed by atoms with Crippen LogP contribution in [0.2, 0.25) is 0 Å². The molecule has 0 fully saturated rings. The summed E-state index contributed by atoms with van der Waals surface area (Å²) in [5.41, 5.74) is 1.20. The third kappa shape index (κ3) is 4.69. The maximum atomic E-state index is 11.9. The average molecular weight is 343 g/mol. The minimum Gasteiger partial charge on any atom is -0.467 e.